The average molecular weight is 281 g/mol. The van der Waals surface area contributed by atoms with E-state index in [9.17, 15) is 18.0 Å². The van der Waals surface area contributed by atoms with E-state index in [0.29, 0.717) is 16.5 Å². The van der Waals surface area contributed by atoms with Gasteiger partial charge in [-0.1, -0.05) is 6.07 Å². The maximum atomic E-state index is 12.0. The lowest BCUT2D eigenvalue weighted by Crippen LogP contribution is -2.35. The summed E-state index contributed by atoms with van der Waals surface area (Å²) in [5, 5.41) is 11.4. The Balaban J connectivity index is 2.15. The quantitative estimate of drug-likeness (QED) is 0.937. The van der Waals surface area contributed by atoms with Gasteiger partial charge in [0.1, 0.15) is 13.1 Å². The van der Waals surface area contributed by atoms with Crippen LogP contribution < -0.4 is 5.32 Å². The standard InChI is InChI=1S/C13H10F3N3O/c14-13(15,16)8-18-12(20)7-19-5-4-10-9(6-17)2-1-3-11(10)19/h1-5H,7-8H2,(H,18,20). The molecule has 0 atom stereocenters. The fourth-order valence-electron chi connectivity index (χ4n) is 1.87. The highest BCUT2D eigenvalue weighted by molar-refractivity contribution is 5.87. The molecular weight excluding hydrogens is 271 g/mol. The highest BCUT2D eigenvalue weighted by Crippen LogP contribution is 2.19. The lowest BCUT2D eigenvalue weighted by molar-refractivity contribution is -0.138. The van der Waals surface area contributed by atoms with Gasteiger partial charge in [-0.25, -0.2) is 0 Å². The van der Waals surface area contributed by atoms with Gasteiger partial charge in [0.15, 0.2) is 0 Å². The van der Waals surface area contributed by atoms with Crippen LogP contribution in [-0.2, 0) is 11.3 Å². The number of hydrogen-bond donors (Lipinski definition) is 1. The topological polar surface area (TPSA) is 57.8 Å². The molecule has 0 spiro atoms. The van der Waals surface area contributed by atoms with Gasteiger partial charge in [-0.3, -0.25) is 4.79 Å². The monoisotopic (exact) mass is 281 g/mol. The summed E-state index contributed by atoms with van der Waals surface area (Å²) in [7, 11) is 0. The number of halogens is 3. The van der Waals surface area contributed by atoms with Crippen LogP contribution in [0.15, 0.2) is 30.5 Å². The van der Waals surface area contributed by atoms with Crippen molar-refractivity contribution < 1.29 is 18.0 Å². The SMILES string of the molecule is N#Cc1cccc2c1ccn2CC(=O)NCC(F)(F)F. The molecular formula is C13H10F3N3O. The number of fused-ring (bicyclic) bond motifs is 1. The van der Waals surface area contributed by atoms with Crippen molar-refractivity contribution in [1.82, 2.24) is 9.88 Å². The summed E-state index contributed by atoms with van der Waals surface area (Å²) in [6, 6.07) is 8.67. The lowest BCUT2D eigenvalue weighted by atomic mass is 10.1. The molecule has 0 aliphatic heterocycles. The summed E-state index contributed by atoms with van der Waals surface area (Å²) >= 11 is 0. The molecule has 0 radical (unpaired) electrons. The van der Waals surface area contributed by atoms with E-state index in [0.717, 1.165) is 0 Å². The van der Waals surface area contributed by atoms with Crippen LogP contribution in [0.5, 0.6) is 0 Å². The van der Waals surface area contributed by atoms with E-state index in [1.807, 2.05) is 6.07 Å². The van der Waals surface area contributed by atoms with E-state index in [2.05, 4.69) is 0 Å². The summed E-state index contributed by atoms with van der Waals surface area (Å²) < 4.78 is 37.5. The predicted octanol–water partition coefficient (Wildman–Crippen LogP) is 2.19. The third-order valence-corrected chi connectivity index (χ3v) is 2.73. The van der Waals surface area contributed by atoms with Crippen LogP contribution in [0.3, 0.4) is 0 Å². The first kappa shape index (κ1) is 13.9. The van der Waals surface area contributed by atoms with Gasteiger partial charge in [0.05, 0.1) is 11.6 Å². The van der Waals surface area contributed by atoms with Gasteiger partial charge in [0, 0.05) is 17.1 Å². The largest absolute Gasteiger partial charge is 0.405 e. The van der Waals surface area contributed by atoms with Gasteiger partial charge in [0.2, 0.25) is 5.91 Å². The minimum Gasteiger partial charge on any atom is -0.345 e. The highest BCUT2D eigenvalue weighted by atomic mass is 19.4. The van der Waals surface area contributed by atoms with Crippen molar-refractivity contribution in [2.45, 2.75) is 12.7 Å². The fourth-order valence-corrected chi connectivity index (χ4v) is 1.87. The van der Waals surface area contributed by atoms with Gasteiger partial charge < -0.3 is 9.88 Å². The summed E-state index contributed by atoms with van der Waals surface area (Å²) in [6.45, 7) is -1.58. The Morgan fingerprint density at radius 3 is 2.75 bits per heavy atom. The first-order chi connectivity index (χ1) is 9.40. The molecule has 1 aromatic heterocycles. The Bertz CT molecular complexity index is 682. The minimum atomic E-state index is -4.43. The zero-order valence-electron chi connectivity index (χ0n) is 10.2. The predicted molar refractivity (Wildman–Crippen MR) is 65.7 cm³/mol. The summed E-state index contributed by atoms with van der Waals surface area (Å²) in [5.41, 5.74) is 1.09. The number of alkyl halides is 3. The fraction of sp³-hybridized carbons (Fsp3) is 0.231. The molecule has 0 saturated heterocycles. The number of nitriles is 1. The molecule has 7 heteroatoms. The molecule has 1 heterocycles. The summed E-state index contributed by atoms with van der Waals surface area (Å²) in [6.07, 6.45) is -2.86. The summed E-state index contributed by atoms with van der Waals surface area (Å²) in [4.78, 5) is 11.5. The average Bonchev–Trinajstić information content (AvgIpc) is 2.79. The number of aromatic nitrogens is 1. The number of carbonyl (C=O) groups excluding carboxylic acids is 1. The molecule has 0 aliphatic rings. The van der Waals surface area contributed by atoms with Crippen molar-refractivity contribution in [3.05, 3.63) is 36.0 Å². The molecule has 0 bridgehead atoms. The van der Waals surface area contributed by atoms with Crippen LogP contribution in [0.4, 0.5) is 13.2 Å². The number of nitrogens with zero attached hydrogens (tertiary/aromatic N) is 2. The Morgan fingerprint density at radius 2 is 2.10 bits per heavy atom. The number of nitrogens with one attached hydrogen (secondary N) is 1. The van der Waals surface area contributed by atoms with E-state index in [1.165, 1.54) is 4.57 Å². The smallest absolute Gasteiger partial charge is 0.345 e. The van der Waals surface area contributed by atoms with Gasteiger partial charge in [-0.05, 0) is 18.2 Å². The van der Waals surface area contributed by atoms with E-state index in [4.69, 9.17) is 5.26 Å². The van der Waals surface area contributed by atoms with Gasteiger partial charge in [-0.15, -0.1) is 0 Å². The second kappa shape index (κ2) is 5.25. The molecule has 1 N–H and O–H groups in total. The second-order valence-electron chi connectivity index (χ2n) is 4.19. The Morgan fingerprint density at radius 1 is 1.35 bits per heavy atom. The number of rotatable bonds is 3. The zero-order valence-corrected chi connectivity index (χ0v) is 10.2. The first-order valence-electron chi connectivity index (χ1n) is 5.72. The Labute approximate surface area is 112 Å². The van der Waals surface area contributed by atoms with E-state index in [-0.39, 0.29) is 6.54 Å². The van der Waals surface area contributed by atoms with Crippen LogP contribution >= 0.6 is 0 Å². The van der Waals surface area contributed by atoms with Crippen molar-refractivity contribution in [3.63, 3.8) is 0 Å². The second-order valence-corrected chi connectivity index (χ2v) is 4.19. The highest BCUT2D eigenvalue weighted by Gasteiger charge is 2.27. The number of benzene rings is 1. The van der Waals surface area contributed by atoms with Crippen molar-refractivity contribution in [2.24, 2.45) is 0 Å². The maximum absolute atomic E-state index is 12.0. The molecule has 2 aromatic rings. The van der Waals surface area contributed by atoms with E-state index >= 15 is 0 Å². The molecule has 0 aliphatic carbocycles. The number of hydrogen-bond acceptors (Lipinski definition) is 2. The molecule has 4 nitrogen and oxygen atoms in total. The molecule has 104 valence electrons. The third-order valence-electron chi connectivity index (χ3n) is 2.73. The van der Waals surface area contributed by atoms with Gasteiger partial charge >= 0.3 is 6.18 Å². The maximum Gasteiger partial charge on any atom is 0.405 e. The minimum absolute atomic E-state index is 0.228. The van der Waals surface area contributed by atoms with Gasteiger partial charge in [0.25, 0.3) is 0 Å². The van der Waals surface area contributed by atoms with E-state index < -0.39 is 18.6 Å². The van der Waals surface area contributed by atoms with Crippen LogP contribution in [0.25, 0.3) is 10.9 Å². The number of amides is 1. The molecule has 20 heavy (non-hydrogen) atoms. The van der Waals surface area contributed by atoms with Crippen LogP contribution in [0, 0.1) is 11.3 Å². The summed E-state index contributed by atoms with van der Waals surface area (Å²) in [5.74, 6) is -0.734. The van der Waals surface area contributed by atoms with Crippen LogP contribution in [0.1, 0.15) is 5.56 Å². The molecule has 1 aromatic carbocycles. The Hall–Kier alpha value is -2.49. The number of carbonyl (C=O) groups is 1. The lowest BCUT2D eigenvalue weighted by Gasteiger charge is -2.09. The zero-order chi connectivity index (χ0) is 14.8. The molecule has 1 amide bonds. The van der Waals surface area contributed by atoms with Crippen molar-refractivity contribution in [2.75, 3.05) is 6.54 Å². The molecule has 2 rings (SSSR count). The van der Waals surface area contributed by atoms with Crippen LogP contribution in [0.2, 0.25) is 0 Å². The van der Waals surface area contributed by atoms with Crippen molar-refractivity contribution in [1.29, 1.82) is 5.26 Å². The molecule has 0 saturated carbocycles. The van der Waals surface area contributed by atoms with Crippen molar-refractivity contribution >= 4 is 16.8 Å². The Kier molecular flexibility index (Phi) is 3.66. The third kappa shape index (κ3) is 3.09. The van der Waals surface area contributed by atoms with E-state index in [1.54, 1.807) is 35.8 Å². The normalized spacial score (nSPS) is 11.3. The molecule has 0 fully saturated rings. The van der Waals surface area contributed by atoms with Gasteiger partial charge in [-0.2, -0.15) is 18.4 Å². The molecule has 0 unspecified atom stereocenters. The van der Waals surface area contributed by atoms with Crippen LogP contribution in [-0.4, -0.2) is 23.2 Å². The van der Waals surface area contributed by atoms with Crippen molar-refractivity contribution in [3.8, 4) is 6.07 Å². The first-order valence-corrected chi connectivity index (χ1v) is 5.72.